The molecule has 1 amide bonds. The highest BCUT2D eigenvalue weighted by Gasteiger charge is 2.14. The van der Waals surface area contributed by atoms with Crippen LogP contribution < -0.4 is 5.32 Å². The van der Waals surface area contributed by atoms with Gasteiger partial charge in [-0.15, -0.1) is 0 Å². The molecule has 1 N–H and O–H groups in total. The third-order valence-electron chi connectivity index (χ3n) is 3.64. The van der Waals surface area contributed by atoms with Crippen LogP contribution >= 0.6 is 0 Å². The molecule has 0 saturated carbocycles. The van der Waals surface area contributed by atoms with Gasteiger partial charge in [0, 0.05) is 12.1 Å². The highest BCUT2D eigenvalue weighted by molar-refractivity contribution is 5.92. The monoisotopic (exact) mass is 294 g/mol. The summed E-state index contributed by atoms with van der Waals surface area (Å²) < 4.78 is 4.93. The number of amides is 1. The third kappa shape index (κ3) is 3.01. The second kappa shape index (κ2) is 6.02. The predicted octanol–water partition coefficient (Wildman–Crippen LogP) is 3.50. The number of aryl methyl sites for hydroxylation is 1. The fraction of sp³-hybridized carbons (Fsp3) is 0.222. The molecule has 0 bridgehead atoms. The number of nitrogens with zero attached hydrogens (tertiary/aromatic N) is 1. The summed E-state index contributed by atoms with van der Waals surface area (Å²) in [7, 11) is 0. The minimum Gasteiger partial charge on any atom is -0.361 e. The van der Waals surface area contributed by atoms with Crippen molar-refractivity contribution >= 4 is 16.7 Å². The van der Waals surface area contributed by atoms with Crippen LogP contribution in [0.3, 0.4) is 0 Å². The van der Waals surface area contributed by atoms with Gasteiger partial charge < -0.3 is 9.84 Å². The lowest BCUT2D eigenvalue weighted by atomic mass is 9.99. The van der Waals surface area contributed by atoms with Gasteiger partial charge in [0.25, 0.3) is 5.91 Å². The van der Waals surface area contributed by atoms with Crippen molar-refractivity contribution in [3.63, 3.8) is 0 Å². The van der Waals surface area contributed by atoms with E-state index in [1.807, 2.05) is 25.1 Å². The molecule has 1 heterocycles. The van der Waals surface area contributed by atoms with E-state index >= 15 is 0 Å². The van der Waals surface area contributed by atoms with Crippen LogP contribution in [0.25, 0.3) is 10.8 Å². The highest BCUT2D eigenvalue weighted by atomic mass is 16.5. The Bertz CT molecular complexity index is 802. The van der Waals surface area contributed by atoms with Gasteiger partial charge in [0.2, 0.25) is 0 Å². The summed E-state index contributed by atoms with van der Waals surface area (Å²) in [6.45, 7) is 3.76. The molecule has 22 heavy (non-hydrogen) atoms. The maximum absolute atomic E-state index is 12.1. The van der Waals surface area contributed by atoms with Crippen molar-refractivity contribution in [3.05, 3.63) is 65.5 Å². The van der Waals surface area contributed by atoms with Crippen molar-refractivity contribution in [1.82, 2.24) is 10.5 Å². The van der Waals surface area contributed by atoms with Crippen LogP contribution in [0.2, 0.25) is 0 Å². The van der Waals surface area contributed by atoms with Crippen molar-refractivity contribution in [2.75, 3.05) is 0 Å². The Hall–Kier alpha value is -2.62. The SMILES string of the molecule is Cc1cc(C(=O)N[C@H](C)Cc2cccc3ccccc23)no1. The number of hydrogen-bond acceptors (Lipinski definition) is 3. The smallest absolute Gasteiger partial charge is 0.273 e. The number of nitrogens with one attached hydrogen (secondary N) is 1. The van der Waals surface area contributed by atoms with Crippen LogP contribution in [0.1, 0.15) is 28.7 Å². The summed E-state index contributed by atoms with van der Waals surface area (Å²) >= 11 is 0. The van der Waals surface area contributed by atoms with Crippen LogP contribution in [-0.4, -0.2) is 17.1 Å². The Morgan fingerprint density at radius 1 is 1.23 bits per heavy atom. The molecule has 0 aliphatic carbocycles. The molecule has 0 aliphatic heterocycles. The molecule has 112 valence electrons. The summed E-state index contributed by atoms with van der Waals surface area (Å²) in [4.78, 5) is 12.1. The van der Waals surface area contributed by atoms with Crippen molar-refractivity contribution in [1.29, 1.82) is 0 Å². The molecule has 3 aromatic rings. The molecule has 3 rings (SSSR count). The van der Waals surface area contributed by atoms with Gasteiger partial charge in [-0.05, 0) is 36.6 Å². The van der Waals surface area contributed by atoms with Crippen molar-refractivity contribution in [2.45, 2.75) is 26.3 Å². The second-order valence-corrected chi connectivity index (χ2v) is 5.54. The van der Waals surface area contributed by atoms with E-state index < -0.39 is 0 Å². The van der Waals surface area contributed by atoms with E-state index in [2.05, 4.69) is 34.7 Å². The van der Waals surface area contributed by atoms with E-state index in [0.717, 1.165) is 6.42 Å². The molecule has 0 fully saturated rings. The first kappa shape index (κ1) is 14.3. The van der Waals surface area contributed by atoms with Crippen molar-refractivity contribution in [2.24, 2.45) is 0 Å². The minimum absolute atomic E-state index is 0.00955. The fourth-order valence-electron chi connectivity index (χ4n) is 2.62. The highest BCUT2D eigenvalue weighted by Crippen LogP contribution is 2.19. The number of carbonyl (C=O) groups excluding carboxylic acids is 1. The Labute approximate surface area is 129 Å². The average Bonchev–Trinajstić information content (AvgIpc) is 2.94. The fourth-order valence-corrected chi connectivity index (χ4v) is 2.62. The number of rotatable bonds is 4. The Morgan fingerprint density at radius 2 is 2.00 bits per heavy atom. The van der Waals surface area contributed by atoms with Gasteiger partial charge in [0.1, 0.15) is 5.76 Å². The van der Waals surface area contributed by atoms with Crippen LogP contribution in [0, 0.1) is 6.92 Å². The number of carbonyl (C=O) groups is 1. The van der Waals surface area contributed by atoms with E-state index in [9.17, 15) is 4.79 Å². The Morgan fingerprint density at radius 3 is 2.77 bits per heavy atom. The standard InChI is InChI=1S/C18H18N2O2/c1-12(19-18(21)17-11-13(2)22-20-17)10-15-8-5-7-14-6-3-4-9-16(14)15/h3-9,11-12H,10H2,1-2H3,(H,19,21)/t12-/m1/s1. The van der Waals surface area contributed by atoms with Crippen molar-refractivity contribution < 1.29 is 9.32 Å². The summed E-state index contributed by atoms with van der Waals surface area (Å²) in [6.07, 6.45) is 0.768. The van der Waals surface area contributed by atoms with Gasteiger partial charge in [-0.1, -0.05) is 47.6 Å². The summed E-state index contributed by atoms with van der Waals surface area (Å²) in [5.41, 5.74) is 1.55. The zero-order valence-electron chi connectivity index (χ0n) is 12.7. The van der Waals surface area contributed by atoms with E-state index in [-0.39, 0.29) is 11.9 Å². The predicted molar refractivity (Wildman–Crippen MR) is 85.8 cm³/mol. The van der Waals surface area contributed by atoms with Crippen LogP contribution in [-0.2, 0) is 6.42 Å². The molecule has 0 saturated heterocycles. The van der Waals surface area contributed by atoms with Gasteiger partial charge in [-0.3, -0.25) is 4.79 Å². The topological polar surface area (TPSA) is 55.1 Å². The largest absolute Gasteiger partial charge is 0.361 e. The lowest BCUT2D eigenvalue weighted by molar-refractivity contribution is 0.0931. The molecule has 4 nitrogen and oxygen atoms in total. The number of benzene rings is 2. The quantitative estimate of drug-likeness (QED) is 0.801. The zero-order valence-corrected chi connectivity index (χ0v) is 12.7. The lowest BCUT2D eigenvalue weighted by Crippen LogP contribution is -2.34. The maximum atomic E-state index is 12.1. The van der Waals surface area contributed by atoms with Gasteiger partial charge in [0.05, 0.1) is 0 Å². The van der Waals surface area contributed by atoms with Gasteiger partial charge in [-0.2, -0.15) is 0 Å². The van der Waals surface area contributed by atoms with Gasteiger partial charge in [-0.25, -0.2) is 0 Å². The maximum Gasteiger partial charge on any atom is 0.273 e. The molecule has 1 aromatic heterocycles. The van der Waals surface area contributed by atoms with Crippen molar-refractivity contribution in [3.8, 4) is 0 Å². The molecule has 0 spiro atoms. The molecule has 4 heteroatoms. The van der Waals surface area contributed by atoms with E-state index in [4.69, 9.17) is 4.52 Å². The van der Waals surface area contributed by atoms with Gasteiger partial charge in [0.15, 0.2) is 5.69 Å². The van der Waals surface area contributed by atoms with Crippen LogP contribution in [0.15, 0.2) is 53.1 Å². The summed E-state index contributed by atoms with van der Waals surface area (Å²) in [5.74, 6) is 0.427. The molecule has 0 unspecified atom stereocenters. The molecule has 0 aliphatic rings. The van der Waals surface area contributed by atoms with E-state index in [1.165, 1.54) is 16.3 Å². The normalized spacial score (nSPS) is 12.3. The molecular weight excluding hydrogens is 276 g/mol. The first-order valence-electron chi connectivity index (χ1n) is 7.34. The van der Waals surface area contributed by atoms with E-state index in [1.54, 1.807) is 13.0 Å². The molecule has 1 atom stereocenters. The summed E-state index contributed by atoms with van der Waals surface area (Å²) in [6, 6.07) is 16.2. The summed E-state index contributed by atoms with van der Waals surface area (Å²) in [5, 5.41) is 9.14. The van der Waals surface area contributed by atoms with Crippen LogP contribution in [0.4, 0.5) is 0 Å². The van der Waals surface area contributed by atoms with E-state index in [0.29, 0.717) is 11.5 Å². The molecule has 2 aromatic carbocycles. The Kier molecular flexibility index (Phi) is 3.92. The number of fused-ring (bicyclic) bond motifs is 1. The zero-order chi connectivity index (χ0) is 15.5. The lowest BCUT2D eigenvalue weighted by Gasteiger charge is -2.14. The molecular formula is C18H18N2O2. The number of hydrogen-bond donors (Lipinski definition) is 1. The Balaban J connectivity index is 1.73. The van der Waals surface area contributed by atoms with Gasteiger partial charge >= 0.3 is 0 Å². The second-order valence-electron chi connectivity index (χ2n) is 5.54. The molecule has 0 radical (unpaired) electrons. The first-order valence-corrected chi connectivity index (χ1v) is 7.34. The average molecular weight is 294 g/mol. The number of aromatic nitrogens is 1. The minimum atomic E-state index is -0.204. The van der Waals surface area contributed by atoms with Crippen LogP contribution in [0.5, 0.6) is 0 Å². The first-order chi connectivity index (χ1) is 10.6. The third-order valence-corrected chi connectivity index (χ3v) is 3.64.